The Morgan fingerprint density at radius 2 is 1.60 bits per heavy atom. The summed E-state index contributed by atoms with van der Waals surface area (Å²) < 4.78 is 7.26. The smallest absolute Gasteiger partial charge is 0.163 e. The average Bonchev–Trinajstić information content (AvgIpc) is 3.11. The van der Waals surface area contributed by atoms with Crippen LogP contribution in [0, 0.1) is 0 Å². The number of hydrogen-bond donors (Lipinski definition) is 5. The number of aromatic hydroxyl groups is 1. The van der Waals surface area contributed by atoms with Crippen molar-refractivity contribution in [3.63, 3.8) is 0 Å². The van der Waals surface area contributed by atoms with Crippen molar-refractivity contribution >= 4 is 45.9 Å². The number of rotatable bonds is 4. The van der Waals surface area contributed by atoms with E-state index in [1.54, 1.807) is 47.2 Å². The van der Waals surface area contributed by atoms with Crippen molar-refractivity contribution in [2.24, 2.45) is 0 Å². The molecule has 7 nitrogen and oxygen atoms in total. The molecule has 4 rings (SSSR count). The Balaban J connectivity index is 1.84. The van der Waals surface area contributed by atoms with Crippen LogP contribution < -0.4 is 0 Å². The Kier molecular flexibility index (Phi) is 6.20. The van der Waals surface area contributed by atoms with Gasteiger partial charge in [-0.3, -0.25) is 0 Å². The van der Waals surface area contributed by atoms with Crippen LogP contribution in [0.4, 0.5) is 0 Å². The van der Waals surface area contributed by atoms with Crippen LogP contribution in [0.15, 0.2) is 52.4 Å². The third kappa shape index (κ3) is 3.79. The summed E-state index contributed by atoms with van der Waals surface area (Å²) in [5, 5.41) is 51.3. The minimum Gasteiger partial charge on any atom is -0.508 e. The number of ether oxygens (including phenoxy) is 1. The second-order valence-electron chi connectivity index (χ2n) is 6.97. The Hall–Kier alpha value is -1.49. The number of phenols is 1. The molecule has 0 aliphatic carbocycles. The van der Waals surface area contributed by atoms with Gasteiger partial charge >= 0.3 is 0 Å². The van der Waals surface area contributed by atoms with Gasteiger partial charge in [0.1, 0.15) is 30.2 Å². The van der Waals surface area contributed by atoms with E-state index < -0.39 is 37.3 Å². The Morgan fingerprint density at radius 3 is 2.27 bits per heavy atom. The third-order valence-corrected chi connectivity index (χ3v) is 6.70. The lowest BCUT2D eigenvalue weighted by Crippen LogP contribution is -2.56. The lowest BCUT2D eigenvalue weighted by molar-refractivity contribution is -0.250. The van der Waals surface area contributed by atoms with Gasteiger partial charge in [-0.1, -0.05) is 35.0 Å². The lowest BCUT2D eigenvalue weighted by atomic mass is 9.98. The number of aliphatic hydroxyl groups excluding tert-OH is 4. The number of fused-ring (bicyclic) bond motifs is 1. The standard InChI is InChI=1S/C20H19Cl2NO6S/c21-11-5-6-12(22)16-15(11)14(30-10-3-1-9(25)2-4-10)7-23(16)20-19(28)18(27)17(26)13(8-24)29-20/h1-7,13,17-20,24-28H,8H2/t13-,17-,18+,19-,20-/m1/s1. The van der Waals surface area contributed by atoms with Gasteiger partial charge in [-0.05, 0) is 36.4 Å². The van der Waals surface area contributed by atoms with E-state index >= 15 is 0 Å². The first kappa shape index (κ1) is 21.7. The molecule has 0 radical (unpaired) electrons. The van der Waals surface area contributed by atoms with Crippen molar-refractivity contribution in [2.45, 2.75) is 40.4 Å². The molecule has 0 saturated carbocycles. The molecular formula is C20H19Cl2NO6S. The summed E-state index contributed by atoms with van der Waals surface area (Å²) in [5.41, 5.74) is 0.481. The molecule has 1 aromatic heterocycles. The molecule has 1 aliphatic heterocycles. The molecule has 30 heavy (non-hydrogen) atoms. The first-order valence-electron chi connectivity index (χ1n) is 9.07. The highest BCUT2D eigenvalue weighted by Gasteiger charge is 2.44. The van der Waals surface area contributed by atoms with E-state index in [0.717, 1.165) is 4.90 Å². The predicted molar refractivity (Wildman–Crippen MR) is 113 cm³/mol. The fourth-order valence-corrected chi connectivity index (χ4v) is 5.08. The molecule has 5 N–H and O–H groups in total. The zero-order valence-electron chi connectivity index (χ0n) is 15.4. The van der Waals surface area contributed by atoms with E-state index in [0.29, 0.717) is 25.8 Å². The zero-order valence-corrected chi connectivity index (χ0v) is 17.7. The molecule has 160 valence electrons. The minimum absolute atomic E-state index is 0.143. The number of nitrogens with zero attached hydrogens (tertiary/aromatic N) is 1. The third-order valence-electron chi connectivity index (χ3n) is 5.04. The minimum atomic E-state index is -1.52. The van der Waals surface area contributed by atoms with Gasteiger partial charge < -0.3 is 34.8 Å². The quantitative estimate of drug-likeness (QED) is 0.397. The van der Waals surface area contributed by atoms with Gasteiger partial charge in [0.05, 0.1) is 22.2 Å². The normalized spacial score (nSPS) is 26.9. The molecule has 0 bridgehead atoms. The molecule has 1 fully saturated rings. The highest BCUT2D eigenvalue weighted by atomic mass is 35.5. The number of hydrogen-bond acceptors (Lipinski definition) is 7. The van der Waals surface area contributed by atoms with Gasteiger partial charge in [-0.25, -0.2) is 0 Å². The van der Waals surface area contributed by atoms with Crippen LogP contribution in [0.3, 0.4) is 0 Å². The number of aliphatic hydroxyl groups is 4. The van der Waals surface area contributed by atoms with E-state index in [4.69, 9.17) is 27.9 Å². The predicted octanol–water partition coefficient (Wildman–Crippen LogP) is 2.78. The van der Waals surface area contributed by atoms with Crippen molar-refractivity contribution in [3.8, 4) is 5.75 Å². The van der Waals surface area contributed by atoms with Crippen LogP contribution in [0.1, 0.15) is 6.23 Å². The summed E-state index contributed by atoms with van der Waals surface area (Å²) in [7, 11) is 0. The zero-order chi connectivity index (χ0) is 21.6. The van der Waals surface area contributed by atoms with Crippen molar-refractivity contribution < 1.29 is 30.3 Å². The SMILES string of the molecule is OC[C@H]1O[C@@H](n2cc(Sc3ccc(O)cc3)c3c(Cl)ccc(Cl)c32)[C@H](O)[C@@H](O)[C@@H]1O. The van der Waals surface area contributed by atoms with E-state index in [-0.39, 0.29) is 5.75 Å². The molecule has 0 amide bonds. The van der Waals surface area contributed by atoms with Crippen molar-refractivity contribution in [1.82, 2.24) is 4.57 Å². The maximum Gasteiger partial charge on any atom is 0.163 e. The lowest BCUT2D eigenvalue weighted by Gasteiger charge is -2.40. The van der Waals surface area contributed by atoms with Gasteiger partial charge in [-0.2, -0.15) is 0 Å². The molecule has 5 atom stereocenters. The van der Waals surface area contributed by atoms with Gasteiger partial charge in [0.15, 0.2) is 6.23 Å². The second kappa shape index (κ2) is 8.57. The topological polar surface area (TPSA) is 115 Å². The molecule has 10 heteroatoms. The second-order valence-corrected chi connectivity index (χ2v) is 8.90. The van der Waals surface area contributed by atoms with Crippen LogP contribution in [0.2, 0.25) is 10.0 Å². The fourth-order valence-electron chi connectivity index (χ4n) is 3.51. The molecule has 2 heterocycles. The summed E-state index contributed by atoms with van der Waals surface area (Å²) in [6.07, 6.45) is -4.95. The monoisotopic (exact) mass is 471 g/mol. The highest BCUT2D eigenvalue weighted by molar-refractivity contribution is 7.99. The van der Waals surface area contributed by atoms with Crippen LogP contribution in [0.25, 0.3) is 10.9 Å². The van der Waals surface area contributed by atoms with Crippen molar-refractivity contribution in [1.29, 1.82) is 0 Å². The average molecular weight is 472 g/mol. The van der Waals surface area contributed by atoms with Gasteiger partial charge in [0.25, 0.3) is 0 Å². The molecule has 2 aromatic carbocycles. The Bertz CT molecular complexity index is 1060. The first-order valence-corrected chi connectivity index (χ1v) is 10.6. The van der Waals surface area contributed by atoms with Crippen LogP contribution in [-0.4, -0.2) is 61.1 Å². The molecule has 3 aromatic rings. The van der Waals surface area contributed by atoms with Crippen LogP contribution >= 0.6 is 35.0 Å². The first-order chi connectivity index (χ1) is 14.3. The maximum atomic E-state index is 10.6. The largest absolute Gasteiger partial charge is 0.508 e. The highest BCUT2D eigenvalue weighted by Crippen LogP contribution is 2.44. The number of benzene rings is 2. The summed E-state index contributed by atoms with van der Waals surface area (Å²) in [4.78, 5) is 1.54. The van der Waals surface area contributed by atoms with E-state index in [1.807, 2.05) is 0 Å². The summed E-state index contributed by atoms with van der Waals surface area (Å²) in [6.45, 7) is -0.537. The molecule has 1 saturated heterocycles. The van der Waals surface area contributed by atoms with Crippen LogP contribution in [-0.2, 0) is 4.74 Å². The number of phenolic OH excluding ortho intramolecular Hbond substituents is 1. The van der Waals surface area contributed by atoms with Gasteiger partial charge in [0.2, 0.25) is 0 Å². The molecule has 1 aliphatic rings. The fraction of sp³-hybridized carbons (Fsp3) is 0.300. The van der Waals surface area contributed by atoms with Crippen LogP contribution in [0.5, 0.6) is 5.75 Å². The maximum absolute atomic E-state index is 10.6. The van der Waals surface area contributed by atoms with E-state index in [9.17, 15) is 25.5 Å². The molecular weight excluding hydrogens is 453 g/mol. The summed E-state index contributed by atoms with van der Waals surface area (Å²) in [6, 6.07) is 9.89. The van der Waals surface area contributed by atoms with Gasteiger partial charge in [0, 0.05) is 21.4 Å². The summed E-state index contributed by atoms with van der Waals surface area (Å²) >= 11 is 14.3. The number of halogens is 2. The molecule has 0 spiro atoms. The number of aromatic nitrogens is 1. The Labute approximate surface area is 186 Å². The van der Waals surface area contributed by atoms with Crippen molar-refractivity contribution in [2.75, 3.05) is 6.61 Å². The van der Waals surface area contributed by atoms with E-state index in [2.05, 4.69) is 0 Å². The Morgan fingerprint density at radius 1 is 0.933 bits per heavy atom. The molecule has 0 unspecified atom stereocenters. The van der Waals surface area contributed by atoms with Crippen molar-refractivity contribution in [3.05, 3.63) is 52.6 Å². The van der Waals surface area contributed by atoms with E-state index in [1.165, 1.54) is 11.8 Å². The van der Waals surface area contributed by atoms with Gasteiger partial charge in [-0.15, -0.1) is 0 Å². The summed E-state index contributed by atoms with van der Waals surface area (Å²) in [5.74, 6) is 0.143.